The van der Waals surface area contributed by atoms with Gasteiger partial charge in [0.25, 0.3) is 0 Å². The third-order valence-corrected chi connectivity index (χ3v) is 2.61. The van der Waals surface area contributed by atoms with Gasteiger partial charge in [0, 0.05) is 11.8 Å². The summed E-state index contributed by atoms with van der Waals surface area (Å²) in [5, 5.41) is 11.4. The van der Waals surface area contributed by atoms with Crippen LogP contribution in [0.4, 0.5) is 5.69 Å². The van der Waals surface area contributed by atoms with E-state index in [2.05, 4.69) is 5.32 Å². The minimum absolute atomic E-state index is 0.397. The van der Waals surface area contributed by atoms with Crippen LogP contribution < -0.4 is 15.8 Å². The van der Waals surface area contributed by atoms with E-state index >= 15 is 0 Å². The fourth-order valence-electron chi connectivity index (χ4n) is 1.58. The van der Waals surface area contributed by atoms with Crippen LogP contribution in [0, 0.1) is 0 Å². The van der Waals surface area contributed by atoms with Crippen LogP contribution in [0.1, 0.15) is 0 Å². The van der Waals surface area contributed by atoms with Gasteiger partial charge in [-0.05, 0) is 24.3 Å². The zero-order valence-corrected chi connectivity index (χ0v) is 10.8. The number of rotatable bonds is 5. The molecule has 0 heterocycles. The Bertz CT molecular complexity index is 572. The molecule has 2 aromatic rings. The molecule has 0 spiro atoms. The van der Waals surface area contributed by atoms with E-state index in [1.165, 1.54) is 0 Å². The quantitative estimate of drug-likeness (QED) is 0.774. The number of ether oxygens (including phenoxy) is 1. The maximum atomic E-state index is 11.6. The summed E-state index contributed by atoms with van der Waals surface area (Å²) in [5.74, 6) is 0.874. The lowest BCUT2D eigenvalue weighted by Gasteiger charge is -2.11. The predicted octanol–water partition coefficient (Wildman–Crippen LogP) is 1.74. The zero-order chi connectivity index (χ0) is 14.4. The number of hydrogen-bond donors (Lipinski definition) is 3. The average Bonchev–Trinajstić information content (AvgIpc) is 2.47. The Kier molecular flexibility index (Phi) is 4.70. The predicted molar refractivity (Wildman–Crippen MR) is 76.6 cm³/mol. The summed E-state index contributed by atoms with van der Waals surface area (Å²) in [6, 6.07) is 15.4. The Morgan fingerprint density at radius 3 is 2.55 bits per heavy atom. The molecule has 104 valence electrons. The van der Waals surface area contributed by atoms with E-state index in [0.717, 1.165) is 0 Å². The van der Waals surface area contributed by atoms with Gasteiger partial charge in [-0.2, -0.15) is 0 Å². The van der Waals surface area contributed by atoms with Crippen molar-refractivity contribution in [1.82, 2.24) is 0 Å². The van der Waals surface area contributed by atoms with Gasteiger partial charge in [-0.1, -0.05) is 24.3 Å². The van der Waals surface area contributed by atoms with Crippen LogP contribution in [0.15, 0.2) is 54.6 Å². The van der Waals surface area contributed by atoms with Gasteiger partial charge in [-0.25, -0.2) is 0 Å². The normalized spacial score (nSPS) is 11.7. The first kappa shape index (κ1) is 14.0. The van der Waals surface area contributed by atoms with Crippen LogP contribution in [0.3, 0.4) is 0 Å². The van der Waals surface area contributed by atoms with E-state index in [4.69, 9.17) is 15.6 Å². The van der Waals surface area contributed by atoms with E-state index in [-0.39, 0.29) is 0 Å². The molecule has 1 atom stereocenters. The van der Waals surface area contributed by atoms with Crippen molar-refractivity contribution in [3.05, 3.63) is 54.6 Å². The van der Waals surface area contributed by atoms with Crippen LogP contribution >= 0.6 is 0 Å². The topological polar surface area (TPSA) is 84.6 Å². The molecular formula is C15H16N2O3. The summed E-state index contributed by atoms with van der Waals surface area (Å²) in [5.41, 5.74) is 5.99. The molecule has 0 aliphatic carbocycles. The maximum absolute atomic E-state index is 11.6. The minimum atomic E-state index is -0.936. The van der Waals surface area contributed by atoms with E-state index in [1.54, 1.807) is 24.3 Å². The summed E-state index contributed by atoms with van der Waals surface area (Å²) < 4.78 is 5.66. The number of para-hydroxylation sites is 1. The number of nitrogens with one attached hydrogen (secondary N) is 1. The molecule has 0 unspecified atom stereocenters. The van der Waals surface area contributed by atoms with Crippen molar-refractivity contribution >= 4 is 11.6 Å². The van der Waals surface area contributed by atoms with Crippen LogP contribution in [0.5, 0.6) is 11.5 Å². The van der Waals surface area contributed by atoms with Gasteiger partial charge in [0.2, 0.25) is 5.91 Å². The van der Waals surface area contributed by atoms with Crippen molar-refractivity contribution in [2.45, 2.75) is 6.04 Å². The molecule has 0 bridgehead atoms. The summed E-state index contributed by atoms with van der Waals surface area (Å²) in [6.45, 7) is -0.397. The highest BCUT2D eigenvalue weighted by molar-refractivity contribution is 5.94. The van der Waals surface area contributed by atoms with E-state index in [9.17, 15) is 4.79 Å². The highest BCUT2D eigenvalue weighted by Crippen LogP contribution is 2.23. The van der Waals surface area contributed by atoms with E-state index in [1.807, 2.05) is 30.3 Å². The first-order valence-electron chi connectivity index (χ1n) is 6.19. The highest BCUT2D eigenvalue weighted by Gasteiger charge is 2.12. The molecule has 0 saturated carbocycles. The van der Waals surface area contributed by atoms with Gasteiger partial charge in [0.05, 0.1) is 6.61 Å². The number of aliphatic hydroxyl groups excluding tert-OH is 1. The van der Waals surface area contributed by atoms with Crippen molar-refractivity contribution in [1.29, 1.82) is 0 Å². The number of anilines is 1. The van der Waals surface area contributed by atoms with Gasteiger partial charge < -0.3 is 20.9 Å². The van der Waals surface area contributed by atoms with Crippen molar-refractivity contribution in [2.75, 3.05) is 11.9 Å². The number of benzene rings is 2. The molecule has 0 fully saturated rings. The zero-order valence-electron chi connectivity index (χ0n) is 10.8. The molecule has 2 aromatic carbocycles. The largest absolute Gasteiger partial charge is 0.457 e. The fourth-order valence-corrected chi connectivity index (χ4v) is 1.58. The second-order valence-electron chi connectivity index (χ2n) is 4.22. The maximum Gasteiger partial charge on any atom is 0.243 e. The SMILES string of the molecule is N[C@H](CO)C(=O)Nc1cccc(Oc2ccccc2)c1. The van der Waals surface area contributed by atoms with Crippen molar-refractivity contribution < 1.29 is 14.6 Å². The molecule has 0 aliphatic heterocycles. The number of carbonyl (C=O) groups is 1. The van der Waals surface area contributed by atoms with Gasteiger partial charge in [-0.3, -0.25) is 4.79 Å². The molecule has 0 saturated heterocycles. The third-order valence-electron chi connectivity index (χ3n) is 2.61. The van der Waals surface area contributed by atoms with Crippen molar-refractivity contribution in [3.63, 3.8) is 0 Å². The number of nitrogens with two attached hydrogens (primary N) is 1. The van der Waals surface area contributed by atoms with Crippen LogP contribution in [-0.2, 0) is 4.79 Å². The Morgan fingerprint density at radius 1 is 1.15 bits per heavy atom. The van der Waals surface area contributed by atoms with Gasteiger partial charge in [-0.15, -0.1) is 0 Å². The van der Waals surface area contributed by atoms with Gasteiger partial charge in [0.1, 0.15) is 17.5 Å². The number of aliphatic hydroxyl groups is 1. The second kappa shape index (κ2) is 6.70. The Balaban J connectivity index is 2.06. The monoisotopic (exact) mass is 272 g/mol. The summed E-state index contributed by atoms with van der Waals surface area (Å²) >= 11 is 0. The number of hydrogen-bond acceptors (Lipinski definition) is 4. The Morgan fingerprint density at radius 2 is 1.85 bits per heavy atom. The molecular weight excluding hydrogens is 256 g/mol. The van der Waals surface area contributed by atoms with E-state index < -0.39 is 18.6 Å². The number of amides is 1. The fraction of sp³-hybridized carbons (Fsp3) is 0.133. The van der Waals surface area contributed by atoms with Crippen LogP contribution in [-0.4, -0.2) is 23.7 Å². The molecule has 0 radical (unpaired) electrons. The van der Waals surface area contributed by atoms with Crippen molar-refractivity contribution in [2.24, 2.45) is 5.73 Å². The van der Waals surface area contributed by atoms with Gasteiger partial charge >= 0.3 is 0 Å². The van der Waals surface area contributed by atoms with Crippen LogP contribution in [0.25, 0.3) is 0 Å². The molecule has 0 aromatic heterocycles. The van der Waals surface area contributed by atoms with Crippen LogP contribution in [0.2, 0.25) is 0 Å². The second-order valence-corrected chi connectivity index (χ2v) is 4.22. The number of carbonyl (C=O) groups excluding carboxylic acids is 1. The smallest absolute Gasteiger partial charge is 0.243 e. The van der Waals surface area contributed by atoms with Gasteiger partial charge in [0.15, 0.2) is 0 Å². The lowest BCUT2D eigenvalue weighted by atomic mass is 10.2. The molecule has 1 amide bonds. The summed E-state index contributed by atoms with van der Waals surface area (Å²) in [6.07, 6.45) is 0. The molecule has 4 N–H and O–H groups in total. The molecule has 0 aliphatic rings. The Labute approximate surface area is 117 Å². The summed E-state index contributed by atoms with van der Waals surface area (Å²) in [4.78, 5) is 11.6. The molecule has 5 heteroatoms. The average molecular weight is 272 g/mol. The third kappa shape index (κ3) is 3.81. The Hall–Kier alpha value is -2.37. The van der Waals surface area contributed by atoms with E-state index in [0.29, 0.717) is 17.2 Å². The minimum Gasteiger partial charge on any atom is -0.457 e. The molecule has 20 heavy (non-hydrogen) atoms. The lowest BCUT2D eigenvalue weighted by Crippen LogP contribution is -2.38. The lowest BCUT2D eigenvalue weighted by molar-refractivity contribution is -0.118. The van der Waals surface area contributed by atoms with Crippen molar-refractivity contribution in [3.8, 4) is 11.5 Å². The highest BCUT2D eigenvalue weighted by atomic mass is 16.5. The molecule has 2 rings (SSSR count). The first-order valence-corrected chi connectivity index (χ1v) is 6.19. The summed E-state index contributed by atoms with van der Waals surface area (Å²) in [7, 11) is 0. The first-order chi connectivity index (χ1) is 9.69. The standard InChI is InChI=1S/C15H16N2O3/c16-14(10-18)15(19)17-11-5-4-8-13(9-11)20-12-6-2-1-3-7-12/h1-9,14,18H,10,16H2,(H,17,19)/t14-/m1/s1. The molecule has 5 nitrogen and oxygen atoms in total.